The molecule has 38 heavy (non-hydrogen) atoms. The first-order valence-electron chi connectivity index (χ1n) is 13.5. The number of carbonyl (C=O) groups excluding carboxylic acids is 1. The van der Waals surface area contributed by atoms with Crippen molar-refractivity contribution in [2.75, 3.05) is 26.8 Å². The average Bonchev–Trinajstić information content (AvgIpc) is 3.25. The number of aromatic nitrogens is 1. The third-order valence-corrected chi connectivity index (χ3v) is 6.99. The molecule has 0 atom stereocenters. The zero-order chi connectivity index (χ0) is 27.1. The summed E-state index contributed by atoms with van der Waals surface area (Å²) in [7, 11) is 1.67. The average molecular weight is 522 g/mol. The number of nitrogens with zero attached hydrogens (tertiary/aromatic N) is 2. The number of carbonyl (C=O) groups is 2. The van der Waals surface area contributed by atoms with Crippen LogP contribution in [-0.4, -0.2) is 53.3 Å². The van der Waals surface area contributed by atoms with Gasteiger partial charge in [-0.05, 0) is 74.9 Å². The molecule has 8 nitrogen and oxygen atoms in total. The molecule has 0 saturated carbocycles. The molecule has 0 unspecified atom stereocenters. The number of rotatable bonds is 7. The molecule has 0 spiro atoms. The van der Waals surface area contributed by atoms with Gasteiger partial charge in [0.05, 0.1) is 20.3 Å². The number of methoxy groups -OCH3 is 1. The fourth-order valence-electron chi connectivity index (χ4n) is 5.01. The molecule has 1 amide bonds. The number of ether oxygens (including phenoxy) is 2. The van der Waals surface area contributed by atoms with Gasteiger partial charge in [0.15, 0.2) is 0 Å². The van der Waals surface area contributed by atoms with Crippen molar-refractivity contribution in [3.05, 3.63) is 59.3 Å². The number of nitrogens with one attached hydrogen (secondary N) is 1. The molecule has 2 heterocycles. The van der Waals surface area contributed by atoms with E-state index in [0.717, 1.165) is 58.4 Å². The summed E-state index contributed by atoms with van der Waals surface area (Å²) in [5.41, 5.74) is 4.16. The van der Waals surface area contributed by atoms with Gasteiger partial charge in [-0.3, -0.25) is 14.5 Å². The topological polar surface area (TPSA) is 93.0 Å². The highest BCUT2D eigenvalue weighted by molar-refractivity contribution is 5.85. The molecule has 4 rings (SSSR count). The largest absolute Gasteiger partial charge is 0.497 e. The quantitative estimate of drug-likeness (QED) is 0.458. The lowest BCUT2D eigenvalue weighted by molar-refractivity contribution is -0.137. The highest BCUT2D eigenvalue weighted by Crippen LogP contribution is 2.30. The lowest BCUT2D eigenvalue weighted by Gasteiger charge is -2.23. The van der Waals surface area contributed by atoms with E-state index in [1.54, 1.807) is 7.11 Å². The summed E-state index contributed by atoms with van der Waals surface area (Å²) in [4.78, 5) is 26.2. The normalized spacial score (nSPS) is 15.6. The molecule has 8 heteroatoms. The molecular formula is C30H39N3O5. The van der Waals surface area contributed by atoms with E-state index >= 15 is 0 Å². The van der Waals surface area contributed by atoms with E-state index in [0.29, 0.717) is 32.7 Å². The Morgan fingerprint density at radius 1 is 1.13 bits per heavy atom. The Bertz CT molecular complexity index is 1270. The van der Waals surface area contributed by atoms with Crippen LogP contribution in [0.15, 0.2) is 42.6 Å². The zero-order valence-electron chi connectivity index (χ0n) is 22.7. The monoisotopic (exact) mass is 521 g/mol. The number of fused-ring (bicyclic) bond motifs is 2. The maximum atomic E-state index is 12.9. The van der Waals surface area contributed by atoms with Gasteiger partial charge >= 0.3 is 5.97 Å². The molecule has 204 valence electrons. The molecule has 1 aromatic heterocycles. The Kier molecular flexibility index (Phi) is 9.29. The van der Waals surface area contributed by atoms with Crippen LogP contribution in [0.25, 0.3) is 10.9 Å². The Labute approximate surface area is 224 Å². The van der Waals surface area contributed by atoms with E-state index in [4.69, 9.17) is 14.6 Å². The van der Waals surface area contributed by atoms with Crippen LogP contribution in [0.1, 0.15) is 62.3 Å². The molecule has 0 saturated heterocycles. The molecule has 0 bridgehead atoms. The highest BCUT2D eigenvalue weighted by Gasteiger charge is 2.19. The number of benzene rings is 2. The summed E-state index contributed by atoms with van der Waals surface area (Å²) < 4.78 is 13.9. The smallest absolute Gasteiger partial charge is 0.303 e. The van der Waals surface area contributed by atoms with Crippen LogP contribution in [0, 0.1) is 0 Å². The Hall–Kier alpha value is -3.52. The second kappa shape index (κ2) is 12.8. The minimum atomic E-state index is -0.819. The molecule has 1 aliphatic rings. The van der Waals surface area contributed by atoms with Gasteiger partial charge in [0.2, 0.25) is 5.91 Å². The highest BCUT2D eigenvalue weighted by atomic mass is 16.5. The van der Waals surface area contributed by atoms with Crippen LogP contribution < -0.4 is 14.8 Å². The molecule has 0 fully saturated rings. The molecule has 2 N–H and O–H groups in total. The van der Waals surface area contributed by atoms with Crippen molar-refractivity contribution < 1.29 is 24.2 Å². The number of hydrogen-bond acceptors (Lipinski definition) is 5. The van der Waals surface area contributed by atoms with E-state index in [9.17, 15) is 9.59 Å². The van der Waals surface area contributed by atoms with E-state index in [-0.39, 0.29) is 24.9 Å². The maximum Gasteiger partial charge on any atom is 0.303 e. The zero-order valence-corrected chi connectivity index (χ0v) is 22.7. The summed E-state index contributed by atoms with van der Waals surface area (Å²) >= 11 is 0. The minimum absolute atomic E-state index is 0.000995. The Morgan fingerprint density at radius 3 is 2.74 bits per heavy atom. The summed E-state index contributed by atoms with van der Waals surface area (Å²) in [6, 6.07) is 12.3. The Balaban J connectivity index is 1.70. The Morgan fingerprint density at radius 2 is 1.97 bits per heavy atom. The number of carboxylic acids is 1. The van der Waals surface area contributed by atoms with Gasteiger partial charge in [0.25, 0.3) is 0 Å². The van der Waals surface area contributed by atoms with Crippen LogP contribution >= 0.6 is 0 Å². The van der Waals surface area contributed by atoms with Crippen LogP contribution in [0.4, 0.5) is 0 Å². The number of aliphatic carboxylic acids is 1. The lowest BCUT2D eigenvalue weighted by atomic mass is 10.0. The van der Waals surface area contributed by atoms with Crippen LogP contribution in [-0.2, 0) is 29.1 Å². The van der Waals surface area contributed by atoms with Gasteiger partial charge < -0.3 is 24.5 Å². The van der Waals surface area contributed by atoms with Crippen LogP contribution in [0.2, 0.25) is 0 Å². The fraction of sp³-hybridized carbons (Fsp3) is 0.467. The van der Waals surface area contributed by atoms with Gasteiger partial charge in [-0.1, -0.05) is 12.1 Å². The first-order valence-corrected chi connectivity index (χ1v) is 13.5. The number of hydrogen-bond donors (Lipinski definition) is 2. The van der Waals surface area contributed by atoms with Crippen LogP contribution in [0.3, 0.4) is 0 Å². The van der Waals surface area contributed by atoms with Gasteiger partial charge in [0.1, 0.15) is 11.5 Å². The van der Waals surface area contributed by atoms with E-state index < -0.39 is 5.97 Å². The van der Waals surface area contributed by atoms with Crippen molar-refractivity contribution in [1.29, 1.82) is 0 Å². The summed E-state index contributed by atoms with van der Waals surface area (Å²) in [5.74, 6) is 0.768. The van der Waals surface area contributed by atoms with Crippen molar-refractivity contribution in [2.45, 2.75) is 65.1 Å². The van der Waals surface area contributed by atoms with E-state index in [1.165, 1.54) is 0 Å². The second-order valence-electron chi connectivity index (χ2n) is 10.3. The third kappa shape index (κ3) is 7.07. The van der Waals surface area contributed by atoms with Gasteiger partial charge in [-0.2, -0.15) is 0 Å². The number of carboxylic acid groups (broad SMARTS) is 1. The minimum Gasteiger partial charge on any atom is -0.497 e. The van der Waals surface area contributed by atoms with Crippen molar-refractivity contribution in [2.24, 2.45) is 0 Å². The molecule has 2 aromatic carbocycles. The summed E-state index contributed by atoms with van der Waals surface area (Å²) in [6.45, 7) is 6.90. The molecule has 3 aromatic rings. The van der Waals surface area contributed by atoms with E-state index in [1.807, 2.05) is 24.3 Å². The fourth-order valence-corrected chi connectivity index (χ4v) is 5.01. The second-order valence-corrected chi connectivity index (χ2v) is 10.3. The van der Waals surface area contributed by atoms with Crippen molar-refractivity contribution in [1.82, 2.24) is 14.8 Å². The predicted octanol–water partition coefficient (Wildman–Crippen LogP) is 4.93. The molecule has 1 aliphatic heterocycles. The maximum absolute atomic E-state index is 12.9. The van der Waals surface area contributed by atoms with Crippen molar-refractivity contribution in [3.8, 4) is 11.5 Å². The predicted molar refractivity (Wildman–Crippen MR) is 148 cm³/mol. The molecule has 0 aliphatic carbocycles. The van der Waals surface area contributed by atoms with E-state index in [2.05, 4.69) is 47.0 Å². The number of aryl methyl sites for hydroxylation is 1. The van der Waals surface area contributed by atoms with Gasteiger partial charge in [0, 0.05) is 54.8 Å². The number of amides is 1. The third-order valence-electron chi connectivity index (χ3n) is 6.99. The lowest BCUT2D eigenvalue weighted by Crippen LogP contribution is -2.37. The SMILES string of the molecule is COc1ccc2c(c1)c(CN1CC(=O)NCCCCCOc3ccc(CCC(=O)O)cc3C1)cn2C(C)C. The van der Waals surface area contributed by atoms with Crippen LogP contribution in [0.5, 0.6) is 11.5 Å². The summed E-state index contributed by atoms with van der Waals surface area (Å²) in [5, 5.41) is 13.3. The molecule has 0 radical (unpaired) electrons. The summed E-state index contributed by atoms with van der Waals surface area (Å²) in [6.07, 6.45) is 5.50. The van der Waals surface area contributed by atoms with Crippen molar-refractivity contribution in [3.63, 3.8) is 0 Å². The first-order chi connectivity index (χ1) is 18.3. The van der Waals surface area contributed by atoms with Gasteiger partial charge in [-0.25, -0.2) is 0 Å². The van der Waals surface area contributed by atoms with Crippen molar-refractivity contribution >= 4 is 22.8 Å². The van der Waals surface area contributed by atoms with Gasteiger partial charge in [-0.15, -0.1) is 0 Å². The molecular weight excluding hydrogens is 482 g/mol. The standard InChI is InChI=1S/C30H39N3O5/c1-21(2)33-19-24(26-16-25(37-3)9-10-27(26)33)18-32-17-23-15-22(8-12-30(35)36)7-11-28(23)38-14-6-4-5-13-31-29(34)20-32/h7,9-11,15-16,19,21H,4-6,8,12-14,17-18,20H2,1-3H3,(H,31,34)(H,35,36). The first kappa shape index (κ1) is 27.5.